The van der Waals surface area contributed by atoms with Crippen LogP contribution in [0.5, 0.6) is 0 Å². The van der Waals surface area contributed by atoms with Crippen molar-refractivity contribution < 1.29 is 8.42 Å². The topological polar surface area (TPSA) is 76.9 Å². The molecule has 0 bridgehead atoms. The predicted octanol–water partition coefficient (Wildman–Crippen LogP) is 1.85. The zero-order valence-electron chi connectivity index (χ0n) is 11.0. The van der Waals surface area contributed by atoms with Gasteiger partial charge in [-0.15, -0.1) is 21.8 Å². The fourth-order valence-corrected chi connectivity index (χ4v) is 3.19. The number of halogens is 1. The van der Waals surface area contributed by atoms with Gasteiger partial charge >= 0.3 is 0 Å². The first kappa shape index (κ1) is 14.8. The second-order valence-electron chi connectivity index (χ2n) is 4.27. The highest BCUT2D eigenvalue weighted by Crippen LogP contribution is 2.26. The molecular weight excluding hydrogens is 300 g/mol. The smallest absolute Gasteiger partial charge is 0.232 e. The maximum atomic E-state index is 12.0. The largest absolute Gasteiger partial charge is 0.317 e. The average Bonchev–Trinajstić information content (AvgIpc) is 2.83. The lowest BCUT2D eigenvalue weighted by atomic mass is 10.2. The highest BCUT2D eigenvalue weighted by Gasteiger charge is 2.15. The Kier molecular flexibility index (Phi) is 4.61. The van der Waals surface area contributed by atoms with Crippen molar-refractivity contribution in [1.29, 1.82) is 0 Å². The maximum absolute atomic E-state index is 12.0. The molecule has 108 valence electrons. The predicted molar refractivity (Wildman–Crippen MR) is 79.2 cm³/mol. The minimum atomic E-state index is -3.42. The molecule has 1 heterocycles. The van der Waals surface area contributed by atoms with Crippen LogP contribution in [0.15, 0.2) is 30.6 Å². The second kappa shape index (κ2) is 6.23. The first-order chi connectivity index (χ1) is 9.53. The second-order valence-corrected chi connectivity index (χ2v) is 6.49. The van der Waals surface area contributed by atoms with Crippen molar-refractivity contribution in [3.8, 4) is 11.4 Å². The highest BCUT2D eigenvalue weighted by atomic mass is 35.5. The van der Waals surface area contributed by atoms with Crippen molar-refractivity contribution in [1.82, 2.24) is 14.8 Å². The van der Waals surface area contributed by atoms with E-state index in [9.17, 15) is 8.42 Å². The molecule has 6 nitrogen and oxygen atoms in total. The molecule has 0 spiro atoms. The molecule has 0 atom stereocenters. The summed E-state index contributed by atoms with van der Waals surface area (Å²) in [5.74, 6) is 0.899. The number of rotatable bonds is 6. The van der Waals surface area contributed by atoms with Gasteiger partial charge in [-0.25, -0.2) is 8.42 Å². The van der Waals surface area contributed by atoms with Crippen molar-refractivity contribution in [2.45, 2.75) is 6.42 Å². The molecule has 0 saturated heterocycles. The van der Waals surface area contributed by atoms with Crippen LogP contribution in [0.4, 0.5) is 5.69 Å². The minimum Gasteiger partial charge on any atom is -0.317 e. The van der Waals surface area contributed by atoms with E-state index in [1.54, 1.807) is 36.1 Å². The van der Waals surface area contributed by atoms with E-state index < -0.39 is 10.0 Å². The first-order valence-electron chi connectivity index (χ1n) is 6.03. The Morgan fingerprint density at radius 1 is 1.35 bits per heavy atom. The Morgan fingerprint density at radius 3 is 2.75 bits per heavy atom. The number of aryl methyl sites for hydroxylation is 1. The van der Waals surface area contributed by atoms with E-state index in [2.05, 4.69) is 14.9 Å². The molecule has 0 aliphatic carbocycles. The van der Waals surface area contributed by atoms with E-state index in [-0.39, 0.29) is 5.75 Å². The summed E-state index contributed by atoms with van der Waals surface area (Å²) in [6.07, 6.45) is 1.97. The van der Waals surface area contributed by atoms with E-state index in [1.807, 2.05) is 6.07 Å². The van der Waals surface area contributed by atoms with E-state index in [1.165, 1.54) is 0 Å². The van der Waals surface area contributed by atoms with E-state index >= 15 is 0 Å². The van der Waals surface area contributed by atoms with Gasteiger partial charge in [-0.3, -0.25) is 4.72 Å². The van der Waals surface area contributed by atoms with Gasteiger partial charge < -0.3 is 4.57 Å². The molecule has 0 radical (unpaired) electrons. The van der Waals surface area contributed by atoms with Crippen LogP contribution in [0.1, 0.15) is 6.42 Å². The summed E-state index contributed by atoms with van der Waals surface area (Å²) in [7, 11) is -1.62. The number of anilines is 1. The summed E-state index contributed by atoms with van der Waals surface area (Å²) >= 11 is 5.53. The maximum Gasteiger partial charge on any atom is 0.232 e. The zero-order chi connectivity index (χ0) is 14.6. The SMILES string of the molecule is Cn1cnnc1-c1ccccc1NS(=O)(=O)CCCCl. The van der Waals surface area contributed by atoms with Crippen molar-refractivity contribution in [2.75, 3.05) is 16.4 Å². The monoisotopic (exact) mass is 314 g/mol. The number of nitrogens with zero attached hydrogens (tertiary/aromatic N) is 3. The Labute approximate surface area is 122 Å². The Morgan fingerprint density at radius 2 is 2.10 bits per heavy atom. The summed E-state index contributed by atoms with van der Waals surface area (Å²) in [5.41, 5.74) is 1.17. The van der Waals surface area contributed by atoms with Crippen LogP contribution in [-0.4, -0.2) is 34.8 Å². The molecule has 1 aromatic carbocycles. The third-order valence-electron chi connectivity index (χ3n) is 2.69. The van der Waals surface area contributed by atoms with Crippen LogP contribution < -0.4 is 4.72 Å². The minimum absolute atomic E-state index is 0.0103. The van der Waals surface area contributed by atoms with Gasteiger partial charge in [-0.1, -0.05) is 12.1 Å². The van der Waals surface area contributed by atoms with Crippen molar-refractivity contribution in [2.24, 2.45) is 7.05 Å². The first-order valence-corrected chi connectivity index (χ1v) is 8.22. The van der Waals surface area contributed by atoms with Gasteiger partial charge in [0.2, 0.25) is 10.0 Å². The molecule has 2 aromatic rings. The van der Waals surface area contributed by atoms with Crippen LogP contribution in [0.2, 0.25) is 0 Å². The molecule has 0 saturated carbocycles. The normalized spacial score (nSPS) is 11.5. The molecule has 8 heteroatoms. The van der Waals surface area contributed by atoms with E-state index in [4.69, 9.17) is 11.6 Å². The van der Waals surface area contributed by atoms with Crippen molar-refractivity contribution in [3.05, 3.63) is 30.6 Å². The third kappa shape index (κ3) is 3.49. The molecule has 20 heavy (non-hydrogen) atoms. The molecule has 0 unspecified atom stereocenters. The molecule has 0 amide bonds. The standard InChI is InChI=1S/C12H15ClN4O2S/c1-17-9-14-15-12(17)10-5-2-3-6-11(10)16-20(18,19)8-4-7-13/h2-3,5-6,9,16H,4,7-8H2,1H3. The third-order valence-corrected chi connectivity index (χ3v) is 4.32. The molecule has 0 aliphatic heterocycles. The lowest BCUT2D eigenvalue weighted by molar-refractivity contribution is 0.600. The Hall–Kier alpha value is -1.60. The van der Waals surface area contributed by atoms with E-state index in [0.29, 0.717) is 29.4 Å². The molecule has 0 fully saturated rings. The average molecular weight is 315 g/mol. The number of para-hydroxylation sites is 1. The fraction of sp³-hybridized carbons (Fsp3) is 0.333. The number of sulfonamides is 1. The van der Waals surface area contributed by atoms with E-state index in [0.717, 1.165) is 0 Å². The van der Waals surface area contributed by atoms with Crippen LogP contribution in [0.25, 0.3) is 11.4 Å². The lowest BCUT2D eigenvalue weighted by Gasteiger charge is -2.11. The highest BCUT2D eigenvalue weighted by molar-refractivity contribution is 7.92. The van der Waals surface area contributed by atoms with Gasteiger partial charge in [0.25, 0.3) is 0 Å². The quantitative estimate of drug-likeness (QED) is 0.826. The Bertz CT molecular complexity index is 684. The van der Waals surface area contributed by atoms with Crippen LogP contribution in [-0.2, 0) is 17.1 Å². The van der Waals surface area contributed by atoms with Crippen LogP contribution in [0.3, 0.4) is 0 Å². The van der Waals surface area contributed by atoms with Gasteiger partial charge in [0.1, 0.15) is 6.33 Å². The summed E-state index contributed by atoms with van der Waals surface area (Å²) < 4.78 is 28.2. The number of hydrogen-bond acceptors (Lipinski definition) is 4. The van der Waals surface area contributed by atoms with Crippen LogP contribution >= 0.6 is 11.6 Å². The number of aromatic nitrogens is 3. The summed E-state index contributed by atoms with van der Waals surface area (Å²) in [6, 6.07) is 7.07. The van der Waals surface area contributed by atoms with Gasteiger partial charge in [0.05, 0.1) is 11.4 Å². The molecule has 1 N–H and O–H groups in total. The molecule has 1 aromatic heterocycles. The fourth-order valence-electron chi connectivity index (χ4n) is 1.76. The Balaban J connectivity index is 2.32. The van der Waals surface area contributed by atoms with Gasteiger partial charge in [-0.05, 0) is 18.6 Å². The number of benzene rings is 1. The number of hydrogen-bond donors (Lipinski definition) is 1. The van der Waals surface area contributed by atoms with Crippen molar-refractivity contribution >= 4 is 27.3 Å². The van der Waals surface area contributed by atoms with Crippen LogP contribution in [0, 0.1) is 0 Å². The number of nitrogens with one attached hydrogen (secondary N) is 1. The molecular formula is C12H15ClN4O2S. The summed E-state index contributed by atoms with van der Waals surface area (Å²) in [5, 5.41) is 7.80. The summed E-state index contributed by atoms with van der Waals surface area (Å²) in [4.78, 5) is 0. The molecule has 2 rings (SSSR count). The van der Waals surface area contributed by atoms with Gasteiger partial charge in [0, 0.05) is 18.5 Å². The summed E-state index contributed by atoms with van der Waals surface area (Å²) in [6.45, 7) is 0. The van der Waals surface area contributed by atoms with Gasteiger partial charge in [0.15, 0.2) is 5.82 Å². The number of alkyl halides is 1. The lowest BCUT2D eigenvalue weighted by Crippen LogP contribution is -2.17. The zero-order valence-corrected chi connectivity index (χ0v) is 12.5. The van der Waals surface area contributed by atoms with Gasteiger partial charge in [-0.2, -0.15) is 0 Å². The van der Waals surface area contributed by atoms with Crippen molar-refractivity contribution in [3.63, 3.8) is 0 Å². The molecule has 0 aliphatic rings.